The van der Waals surface area contributed by atoms with Crippen molar-refractivity contribution in [1.82, 2.24) is 4.57 Å². The van der Waals surface area contributed by atoms with Gasteiger partial charge in [-0.25, -0.2) is 0 Å². The Kier molecular flexibility index (Phi) is 7.44. The maximum atomic E-state index is 6.29. The second-order valence-corrected chi connectivity index (χ2v) is 6.49. The summed E-state index contributed by atoms with van der Waals surface area (Å²) in [5.41, 5.74) is 0. The highest BCUT2D eigenvalue weighted by Gasteiger charge is 2.12. The summed E-state index contributed by atoms with van der Waals surface area (Å²) in [5, 5.41) is 0. The van der Waals surface area contributed by atoms with Crippen LogP contribution in [0.15, 0.2) is 0 Å². The summed E-state index contributed by atoms with van der Waals surface area (Å²) in [6.45, 7) is 8.86. The van der Waals surface area contributed by atoms with E-state index in [1.807, 2.05) is 0 Å². The van der Waals surface area contributed by atoms with Gasteiger partial charge in [0.15, 0.2) is 0 Å². The van der Waals surface area contributed by atoms with Crippen molar-refractivity contribution in [1.29, 1.82) is 0 Å². The number of hydrogen-bond acceptors (Lipinski definition) is 1. The fraction of sp³-hybridized carbons (Fsp3) is 1.00. The summed E-state index contributed by atoms with van der Waals surface area (Å²) >= 11 is 6.29. The lowest BCUT2D eigenvalue weighted by Gasteiger charge is -2.22. The van der Waals surface area contributed by atoms with Crippen LogP contribution in [0.4, 0.5) is 0 Å². The van der Waals surface area contributed by atoms with Crippen LogP contribution in [-0.4, -0.2) is 25.9 Å². The molecule has 0 N–H and O–H groups in total. The van der Waals surface area contributed by atoms with Gasteiger partial charge < -0.3 is 4.57 Å². The van der Waals surface area contributed by atoms with Gasteiger partial charge in [-0.05, 0) is 19.1 Å². The van der Waals surface area contributed by atoms with Gasteiger partial charge in [-0.15, -0.1) is 0 Å². The first-order valence-corrected chi connectivity index (χ1v) is 7.72. The SMILES string of the molecule is CCCC[SiH](Cl)N(CC)CC. The molecule has 1 unspecified atom stereocenters. The van der Waals surface area contributed by atoms with E-state index >= 15 is 0 Å². The standard InChI is InChI=1S/C8H20ClNSi/c1-4-7-8-11(9)10(5-2)6-3/h11H,4-8H2,1-3H3. The van der Waals surface area contributed by atoms with Gasteiger partial charge >= 0.3 is 0 Å². The van der Waals surface area contributed by atoms with Gasteiger partial charge in [0, 0.05) is 0 Å². The molecule has 0 fully saturated rings. The van der Waals surface area contributed by atoms with E-state index in [4.69, 9.17) is 11.1 Å². The molecular formula is C8H20ClNSi. The van der Waals surface area contributed by atoms with Crippen molar-refractivity contribution in [2.45, 2.75) is 39.7 Å². The maximum Gasteiger partial charge on any atom is 0.213 e. The van der Waals surface area contributed by atoms with Crippen LogP contribution in [0, 0.1) is 0 Å². The number of halogens is 1. The average molecular weight is 194 g/mol. The minimum Gasteiger partial charge on any atom is -0.315 e. The third-order valence-electron chi connectivity index (χ3n) is 2.00. The van der Waals surface area contributed by atoms with Crippen molar-refractivity contribution in [2.75, 3.05) is 13.1 Å². The minimum absolute atomic E-state index is 1.03. The molecule has 0 heterocycles. The van der Waals surface area contributed by atoms with E-state index in [0.717, 1.165) is 13.1 Å². The zero-order chi connectivity index (χ0) is 8.69. The summed E-state index contributed by atoms with van der Waals surface area (Å²) < 4.78 is 2.43. The summed E-state index contributed by atoms with van der Waals surface area (Å²) in [6.07, 6.45) is 2.58. The Morgan fingerprint density at radius 1 is 1.18 bits per heavy atom. The van der Waals surface area contributed by atoms with Crippen molar-refractivity contribution >= 4 is 19.3 Å². The van der Waals surface area contributed by atoms with Crippen LogP contribution < -0.4 is 0 Å². The lowest BCUT2D eigenvalue weighted by Crippen LogP contribution is -2.34. The molecule has 0 rings (SSSR count). The highest BCUT2D eigenvalue weighted by Crippen LogP contribution is 2.09. The van der Waals surface area contributed by atoms with Crippen LogP contribution in [0.2, 0.25) is 6.04 Å². The fourth-order valence-electron chi connectivity index (χ4n) is 1.17. The molecule has 0 aromatic carbocycles. The number of hydrogen-bond donors (Lipinski definition) is 0. The zero-order valence-electron chi connectivity index (χ0n) is 7.94. The van der Waals surface area contributed by atoms with Gasteiger partial charge in [-0.2, -0.15) is 11.1 Å². The van der Waals surface area contributed by atoms with E-state index in [-0.39, 0.29) is 0 Å². The zero-order valence-corrected chi connectivity index (χ0v) is 9.85. The predicted octanol–water partition coefficient (Wildman–Crippen LogP) is 2.59. The summed E-state index contributed by atoms with van der Waals surface area (Å²) in [5.74, 6) is 0. The molecule has 0 saturated heterocycles. The highest BCUT2D eigenvalue weighted by molar-refractivity contribution is 7.05. The van der Waals surface area contributed by atoms with Crippen LogP contribution in [0.5, 0.6) is 0 Å². The molecule has 0 saturated carbocycles. The Morgan fingerprint density at radius 2 is 1.73 bits per heavy atom. The summed E-state index contributed by atoms with van der Waals surface area (Å²) in [7, 11) is -1.03. The number of rotatable bonds is 6. The first-order chi connectivity index (χ1) is 5.26. The van der Waals surface area contributed by atoms with E-state index in [2.05, 4.69) is 25.3 Å². The van der Waals surface area contributed by atoms with E-state index in [0.29, 0.717) is 0 Å². The Balaban J connectivity index is 3.51. The Morgan fingerprint density at radius 3 is 2.09 bits per heavy atom. The minimum atomic E-state index is -1.03. The fourth-order valence-corrected chi connectivity index (χ4v) is 4.37. The van der Waals surface area contributed by atoms with Crippen LogP contribution in [0.1, 0.15) is 33.6 Å². The molecule has 0 radical (unpaired) electrons. The van der Waals surface area contributed by atoms with Crippen molar-refractivity contribution in [2.24, 2.45) is 0 Å². The Bertz CT molecular complexity index is 86.2. The van der Waals surface area contributed by atoms with Gasteiger partial charge in [0.1, 0.15) is 0 Å². The van der Waals surface area contributed by atoms with Gasteiger partial charge in [0.2, 0.25) is 8.27 Å². The van der Waals surface area contributed by atoms with Crippen LogP contribution >= 0.6 is 11.1 Å². The largest absolute Gasteiger partial charge is 0.315 e. The van der Waals surface area contributed by atoms with E-state index in [1.54, 1.807) is 0 Å². The molecule has 0 aromatic rings. The molecule has 0 spiro atoms. The maximum absolute atomic E-state index is 6.29. The van der Waals surface area contributed by atoms with Crippen molar-refractivity contribution in [3.8, 4) is 0 Å². The van der Waals surface area contributed by atoms with Gasteiger partial charge in [-0.3, -0.25) is 0 Å². The third-order valence-corrected chi connectivity index (χ3v) is 5.89. The van der Waals surface area contributed by atoms with Gasteiger partial charge in [0.05, 0.1) is 0 Å². The second kappa shape index (κ2) is 7.13. The first kappa shape index (κ1) is 11.5. The first-order valence-electron chi connectivity index (χ1n) is 4.64. The smallest absolute Gasteiger partial charge is 0.213 e. The van der Waals surface area contributed by atoms with Crippen LogP contribution in [0.25, 0.3) is 0 Å². The average Bonchev–Trinajstić information content (AvgIpc) is 2.03. The molecule has 0 aromatic heterocycles. The Labute approximate surface area is 77.1 Å². The molecule has 0 aliphatic rings. The quantitative estimate of drug-likeness (QED) is 0.463. The van der Waals surface area contributed by atoms with E-state index in [1.165, 1.54) is 18.9 Å². The normalized spacial score (nSPS) is 13.9. The molecule has 11 heavy (non-hydrogen) atoms. The molecular weight excluding hydrogens is 174 g/mol. The second-order valence-electron chi connectivity index (χ2n) is 2.80. The van der Waals surface area contributed by atoms with E-state index in [9.17, 15) is 0 Å². The third kappa shape index (κ3) is 4.83. The van der Waals surface area contributed by atoms with Crippen molar-refractivity contribution in [3.05, 3.63) is 0 Å². The molecule has 1 atom stereocenters. The van der Waals surface area contributed by atoms with E-state index < -0.39 is 8.27 Å². The molecule has 0 amide bonds. The molecule has 0 aliphatic carbocycles. The Hall–Kier alpha value is 0.467. The lowest BCUT2D eigenvalue weighted by atomic mass is 10.4. The van der Waals surface area contributed by atoms with Crippen molar-refractivity contribution < 1.29 is 0 Å². The molecule has 1 nitrogen and oxygen atoms in total. The number of unbranched alkanes of at least 4 members (excludes halogenated alkanes) is 1. The summed E-state index contributed by atoms with van der Waals surface area (Å²) in [6, 6.07) is 1.26. The predicted molar refractivity (Wildman–Crippen MR) is 55.6 cm³/mol. The van der Waals surface area contributed by atoms with Gasteiger partial charge in [0.25, 0.3) is 0 Å². The highest BCUT2D eigenvalue weighted by atomic mass is 35.6. The van der Waals surface area contributed by atoms with Gasteiger partial charge in [-0.1, -0.05) is 33.6 Å². The summed E-state index contributed by atoms with van der Waals surface area (Å²) in [4.78, 5) is 0. The lowest BCUT2D eigenvalue weighted by molar-refractivity contribution is 0.485. The topological polar surface area (TPSA) is 3.24 Å². The monoisotopic (exact) mass is 193 g/mol. The van der Waals surface area contributed by atoms with Crippen LogP contribution in [-0.2, 0) is 0 Å². The molecule has 0 aliphatic heterocycles. The molecule has 0 bridgehead atoms. The number of nitrogens with zero attached hydrogens (tertiary/aromatic N) is 1. The van der Waals surface area contributed by atoms with Crippen LogP contribution in [0.3, 0.4) is 0 Å². The molecule has 68 valence electrons. The molecule has 3 heteroatoms. The van der Waals surface area contributed by atoms with Crippen molar-refractivity contribution in [3.63, 3.8) is 0 Å².